The van der Waals surface area contributed by atoms with Crippen molar-refractivity contribution in [3.8, 4) is 0 Å². The maximum Gasteiger partial charge on any atom is 0.307 e. The summed E-state index contributed by atoms with van der Waals surface area (Å²) >= 11 is 1.27. The summed E-state index contributed by atoms with van der Waals surface area (Å²) in [6, 6.07) is 1.65. The number of carbonyl (C=O) groups excluding carboxylic acids is 1. The molecule has 1 rings (SSSR count). The van der Waals surface area contributed by atoms with Gasteiger partial charge in [0.2, 0.25) is 11.9 Å². The molecule has 17 heavy (non-hydrogen) atoms. The van der Waals surface area contributed by atoms with Crippen LogP contribution >= 0.6 is 11.8 Å². The van der Waals surface area contributed by atoms with Crippen LogP contribution in [0.3, 0.4) is 0 Å². The van der Waals surface area contributed by atoms with E-state index in [2.05, 4.69) is 15.3 Å². The lowest BCUT2D eigenvalue weighted by Crippen LogP contribution is -2.18. The standard InChI is InChI=1S/C10H13N3O3S/c1-7(9(15)16)5-17-6-8(14)13-10-11-3-2-4-12-10/h2-4,7H,5-6H2,1H3,(H,15,16)(H,11,12,13,14). The average molecular weight is 255 g/mol. The number of nitrogens with zero attached hydrogens (tertiary/aromatic N) is 2. The molecule has 0 spiro atoms. The van der Waals surface area contributed by atoms with E-state index in [1.54, 1.807) is 13.0 Å². The molecule has 7 heteroatoms. The van der Waals surface area contributed by atoms with Crippen LogP contribution in [0.5, 0.6) is 0 Å². The zero-order chi connectivity index (χ0) is 12.7. The summed E-state index contributed by atoms with van der Waals surface area (Å²) in [5, 5.41) is 11.2. The zero-order valence-corrected chi connectivity index (χ0v) is 10.1. The van der Waals surface area contributed by atoms with Crippen LogP contribution in [0.1, 0.15) is 6.92 Å². The van der Waals surface area contributed by atoms with Crippen LogP contribution in [0.2, 0.25) is 0 Å². The molecule has 0 fully saturated rings. The fraction of sp³-hybridized carbons (Fsp3) is 0.400. The van der Waals surface area contributed by atoms with Gasteiger partial charge in [-0.05, 0) is 6.07 Å². The molecule has 1 amide bonds. The summed E-state index contributed by atoms with van der Waals surface area (Å²) in [4.78, 5) is 29.6. The highest BCUT2D eigenvalue weighted by Gasteiger charge is 2.12. The molecule has 0 bridgehead atoms. The van der Waals surface area contributed by atoms with Gasteiger partial charge in [-0.3, -0.25) is 14.9 Å². The van der Waals surface area contributed by atoms with Gasteiger partial charge in [0.25, 0.3) is 0 Å². The van der Waals surface area contributed by atoms with E-state index in [9.17, 15) is 9.59 Å². The van der Waals surface area contributed by atoms with Gasteiger partial charge in [0.1, 0.15) is 0 Å². The topological polar surface area (TPSA) is 92.2 Å². The van der Waals surface area contributed by atoms with E-state index < -0.39 is 11.9 Å². The Morgan fingerprint density at radius 2 is 2.12 bits per heavy atom. The quantitative estimate of drug-likeness (QED) is 0.783. The van der Waals surface area contributed by atoms with Crippen molar-refractivity contribution in [1.29, 1.82) is 0 Å². The number of thioether (sulfide) groups is 1. The number of hydrogen-bond donors (Lipinski definition) is 2. The molecular weight excluding hydrogens is 242 g/mol. The second kappa shape index (κ2) is 6.85. The average Bonchev–Trinajstić information content (AvgIpc) is 2.30. The summed E-state index contributed by atoms with van der Waals surface area (Å²) < 4.78 is 0. The van der Waals surface area contributed by atoms with Crippen LogP contribution in [-0.2, 0) is 9.59 Å². The minimum Gasteiger partial charge on any atom is -0.481 e. The SMILES string of the molecule is CC(CSCC(=O)Nc1ncccn1)C(=O)O. The molecule has 0 aliphatic rings. The lowest BCUT2D eigenvalue weighted by Gasteiger charge is -2.05. The number of nitrogens with one attached hydrogen (secondary N) is 1. The maximum atomic E-state index is 11.4. The van der Waals surface area contributed by atoms with Crippen LogP contribution in [0.15, 0.2) is 18.5 Å². The molecule has 2 N–H and O–H groups in total. The molecule has 0 aliphatic carbocycles. The molecule has 6 nitrogen and oxygen atoms in total. The van der Waals surface area contributed by atoms with Gasteiger partial charge in [0.15, 0.2) is 0 Å². The zero-order valence-electron chi connectivity index (χ0n) is 9.29. The van der Waals surface area contributed by atoms with Crippen molar-refractivity contribution in [2.75, 3.05) is 16.8 Å². The maximum absolute atomic E-state index is 11.4. The highest BCUT2D eigenvalue weighted by Crippen LogP contribution is 2.08. The fourth-order valence-electron chi connectivity index (χ4n) is 0.924. The van der Waals surface area contributed by atoms with E-state index in [0.29, 0.717) is 5.75 Å². The van der Waals surface area contributed by atoms with E-state index in [1.165, 1.54) is 24.2 Å². The highest BCUT2D eigenvalue weighted by atomic mass is 32.2. The van der Waals surface area contributed by atoms with E-state index in [0.717, 1.165) is 0 Å². The number of hydrogen-bond acceptors (Lipinski definition) is 5. The monoisotopic (exact) mass is 255 g/mol. The minimum atomic E-state index is -0.857. The smallest absolute Gasteiger partial charge is 0.307 e. The molecule has 0 radical (unpaired) electrons. The van der Waals surface area contributed by atoms with Crippen molar-refractivity contribution in [2.24, 2.45) is 5.92 Å². The molecule has 1 aromatic heterocycles. The Morgan fingerprint density at radius 3 is 2.71 bits per heavy atom. The lowest BCUT2D eigenvalue weighted by atomic mass is 10.2. The number of rotatable bonds is 6. The third-order valence-corrected chi connectivity index (χ3v) is 3.04. The van der Waals surface area contributed by atoms with Gasteiger partial charge in [-0.15, -0.1) is 0 Å². The molecule has 0 aliphatic heterocycles. The Kier molecular flexibility index (Phi) is 5.41. The van der Waals surface area contributed by atoms with E-state index in [4.69, 9.17) is 5.11 Å². The van der Waals surface area contributed by atoms with Crippen LogP contribution in [0.25, 0.3) is 0 Å². The van der Waals surface area contributed by atoms with E-state index >= 15 is 0 Å². The molecular formula is C10H13N3O3S. The Labute approximate surface area is 103 Å². The van der Waals surface area contributed by atoms with Crippen molar-refractivity contribution in [3.05, 3.63) is 18.5 Å². The summed E-state index contributed by atoms with van der Waals surface area (Å²) in [7, 11) is 0. The normalized spacial score (nSPS) is 11.8. The molecule has 0 saturated heterocycles. The van der Waals surface area contributed by atoms with Gasteiger partial charge in [-0.2, -0.15) is 11.8 Å². The number of aromatic nitrogens is 2. The first-order valence-corrected chi connectivity index (χ1v) is 6.12. The summed E-state index contributed by atoms with van der Waals surface area (Å²) in [6.45, 7) is 1.60. The fourth-order valence-corrected chi connectivity index (χ4v) is 1.80. The van der Waals surface area contributed by atoms with Gasteiger partial charge in [0.05, 0.1) is 11.7 Å². The van der Waals surface area contributed by atoms with Crippen LogP contribution in [-0.4, -0.2) is 38.5 Å². The van der Waals surface area contributed by atoms with Gasteiger partial charge < -0.3 is 5.11 Å². The first-order chi connectivity index (χ1) is 8.09. The Morgan fingerprint density at radius 1 is 1.47 bits per heavy atom. The molecule has 0 saturated carbocycles. The van der Waals surface area contributed by atoms with Gasteiger partial charge in [0, 0.05) is 18.1 Å². The lowest BCUT2D eigenvalue weighted by molar-refractivity contribution is -0.140. The van der Waals surface area contributed by atoms with Crippen LogP contribution < -0.4 is 5.32 Å². The number of carboxylic acid groups (broad SMARTS) is 1. The second-order valence-electron chi connectivity index (χ2n) is 3.37. The largest absolute Gasteiger partial charge is 0.481 e. The third kappa shape index (κ3) is 5.30. The Balaban J connectivity index is 2.25. The first kappa shape index (κ1) is 13.4. The van der Waals surface area contributed by atoms with Crippen molar-refractivity contribution in [1.82, 2.24) is 9.97 Å². The Hall–Kier alpha value is -1.63. The number of amides is 1. The van der Waals surface area contributed by atoms with Gasteiger partial charge >= 0.3 is 5.97 Å². The van der Waals surface area contributed by atoms with Crippen LogP contribution in [0.4, 0.5) is 5.95 Å². The predicted molar refractivity (Wildman–Crippen MR) is 64.8 cm³/mol. The molecule has 92 valence electrons. The predicted octanol–water partition coefficient (Wildman–Crippen LogP) is 0.869. The first-order valence-electron chi connectivity index (χ1n) is 4.97. The number of carboxylic acids is 1. The third-order valence-electron chi connectivity index (χ3n) is 1.84. The summed E-state index contributed by atoms with van der Waals surface area (Å²) in [5.74, 6) is -0.706. The summed E-state index contributed by atoms with van der Waals surface area (Å²) in [6.07, 6.45) is 3.06. The highest BCUT2D eigenvalue weighted by molar-refractivity contribution is 8.00. The summed E-state index contributed by atoms with van der Waals surface area (Å²) in [5.41, 5.74) is 0. The molecule has 1 unspecified atom stereocenters. The molecule has 1 atom stereocenters. The number of anilines is 1. The second-order valence-corrected chi connectivity index (χ2v) is 4.41. The van der Waals surface area contributed by atoms with Crippen LogP contribution in [0, 0.1) is 5.92 Å². The number of carbonyl (C=O) groups is 2. The van der Waals surface area contributed by atoms with E-state index in [1.807, 2.05) is 0 Å². The minimum absolute atomic E-state index is 0.190. The van der Waals surface area contributed by atoms with Gasteiger partial charge in [-0.1, -0.05) is 6.92 Å². The molecule has 1 heterocycles. The van der Waals surface area contributed by atoms with Gasteiger partial charge in [-0.25, -0.2) is 9.97 Å². The number of aliphatic carboxylic acids is 1. The van der Waals surface area contributed by atoms with Crippen molar-refractivity contribution in [3.63, 3.8) is 0 Å². The Bertz CT molecular complexity index is 386. The molecule has 1 aromatic rings. The van der Waals surface area contributed by atoms with E-state index in [-0.39, 0.29) is 17.6 Å². The van der Waals surface area contributed by atoms with Crippen molar-refractivity contribution in [2.45, 2.75) is 6.92 Å². The van der Waals surface area contributed by atoms with Crippen molar-refractivity contribution >= 4 is 29.6 Å². The molecule has 0 aromatic carbocycles. The van der Waals surface area contributed by atoms with Crippen molar-refractivity contribution < 1.29 is 14.7 Å².